The molecule has 8 heteroatoms. The lowest BCUT2D eigenvalue weighted by atomic mass is 9.96. The van der Waals surface area contributed by atoms with Crippen molar-refractivity contribution in [2.24, 2.45) is 0 Å². The van der Waals surface area contributed by atoms with E-state index in [1.165, 1.54) is 14.2 Å². The van der Waals surface area contributed by atoms with Crippen LogP contribution in [0.3, 0.4) is 0 Å². The molecule has 0 aliphatic heterocycles. The van der Waals surface area contributed by atoms with Gasteiger partial charge in [-0.1, -0.05) is 18.2 Å². The van der Waals surface area contributed by atoms with Crippen LogP contribution >= 0.6 is 0 Å². The number of methoxy groups -OCH3 is 1. The molecule has 1 aromatic carbocycles. The van der Waals surface area contributed by atoms with Crippen molar-refractivity contribution in [3.05, 3.63) is 40.8 Å². The summed E-state index contributed by atoms with van der Waals surface area (Å²) < 4.78 is 4.71. The Morgan fingerprint density at radius 3 is 2.40 bits per heavy atom. The highest BCUT2D eigenvalue weighted by Crippen LogP contribution is 2.18. The monoisotopic (exact) mass is 353 g/mol. The number of nitrogens with zero attached hydrogens (tertiary/aromatic N) is 1. The molecule has 0 saturated heterocycles. The summed E-state index contributed by atoms with van der Waals surface area (Å²) in [4.78, 5) is 45.5. The minimum Gasteiger partial charge on any atom is -0.468 e. The van der Waals surface area contributed by atoms with Crippen LogP contribution in [-0.2, 0) is 19.2 Å². The molecule has 0 amide bonds. The Balaban J connectivity index is 2.56. The molecule has 0 saturated carbocycles. The van der Waals surface area contributed by atoms with Gasteiger partial charge in [0.2, 0.25) is 4.92 Å². The first-order valence-electron chi connectivity index (χ1n) is 7.93. The molecule has 0 bridgehead atoms. The summed E-state index contributed by atoms with van der Waals surface area (Å²) in [6.07, 6.45) is 1.33. The SMILES string of the molecule is COC(=O)[C@H](CCCC(C)(C)[N+](=O)OC)NOC(=O)c1ccccc1. The Morgan fingerprint density at radius 1 is 1.20 bits per heavy atom. The van der Waals surface area contributed by atoms with E-state index < -0.39 is 23.5 Å². The minimum absolute atomic E-state index is 0.329. The third kappa shape index (κ3) is 6.50. The molecule has 1 aromatic rings. The molecule has 0 spiro atoms. The summed E-state index contributed by atoms with van der Waals surface area (Å²) in [5.74, 6) is -1.15. The first-order valence-corrected chi connectivity index (χ1v) is 7.93. The summed E-state index contributed by atoms with van der Waals surface area (Å²) in [7, 11) is 2.56. The van der Waals surface area contributed by atoms with Gasteiger partial charge in [-0.3, -0.25) is 4.79 Å². The lowest BCUT2D eigenvalue weighted by Crippen LogP contribution is -2.40. The van der Waals surface area contributed by atoms with Gasteiger partial charge in [-0.05, 0) is 25.0 Å². The second-order valence-electron chi connectivity index (χ2n) is 6.09. The number of carbonyl (C=O) groups excluding carboxylic acids is 2. The van der Waals surface area contributed by atoms with Crippen molar-refractivity contribution in [2.45, 2.75) is 44.7 Å². The second-order valence-corrected chi connectivity index (χ2v) is 6.09. The molecule has 138 valence electrons. The van der Waals surface area contributed by atoms with Crippen LogP contribution in [0, 0.1) is 4.91 Å². The third-order valence-corrected chi connectivity index (χ3v) is 3.73. The largest absolute Gasteiger partial charge is 0.468 e. The van der Waals surface area contributed by atoms with E-state index >= 15 is 0 Å². The predicted octanol–water partition coefficient (Wildman–Crippen LogP) is 2.18. The molecule has 0 fully saturated rings. The topological polar surface area (TPSA) is 93.9 Å². The van der Waals surface area contributed by atoms with E-state index in [0.29, 0.717) is 29.7 Å². The minimum atomic E-state index is -0.823. The maximum absolute atomic E-state index is 11.9. The lowest BCUT2D eigenvalue weighted by molar-refractivity contribution is -0.842. The first kappa shape index (κ1) is 20.6. The van der Waals surface area contributed by atoms with Gasteiger partial charge in [0, 0.05) is 20.3 Å². The average molecular weight is 353 g/mol. The molecule has 0 aliphatic carbocycles. The van der Waals surface area contributed by atoms with Crippen LogP contribution in [0.1, 0.15) is 43.5 Å². The number of hydrogen-bond donors (Lipinski definition) is 1. The molecule has 0 aliphatic rings. The van der Waals surface area contributed by atoms with Gasteiger partial charge >= 0.3 is 11.9 Å². The molecule has 0 radical (unpaired) electrons. The molecule has 25 heavy (non-hydrogen) atoms. The van der Waals surface area contributed by atoms with Crippen LogP contribution in [0.25, 0.3) is 0 Å². The second kappa shape index (κ2) is 9.73. The Labute approximate surface area is 146 Å². The third-order valence-electron chi connectivity index (χ3n) is 3.73. The quantitative estimate of drug-likeness (QED) is 0.509. The normalized spacial score (nSPS) is 12.2. The highest BCUT2D eigenvalue weighted by molar-refractivity contribution is 5.89. The van der Waals surface area contributed by atoms with Crippen LogP contribution in [0.5, 0.6) is 0 Å². The van der Waals surface area contributed by atoms with Crippen LogP contribution in [0.4, 0.5) is 0 Å². The number of esters is 1. The van der Waals surface area contributed by atoms with E-state index in [4.69, 9.17) is 9.57 Å². The van der Waals surface area contributed by atoms with E-state index in [9.17, 15) is 14.5 Å². The maximum Gasteiger partial charge on any atom is 0.356 e. The van der Waals surface area contributed by atoms with Gasteiger partial charge in [0.05, 0.1) is 17.6 Å². The number of ether oxygens (including phenoxy) is 1. The van der Waals surface area contributed by atoms with Crippen molar-refractivity contribution in [3.8, 4) is 0 Å². The molecule has 1 N–H and O–H groups in total. The highest BCUT2D eigenvalue weighted by Gasteiger charge is 2.37. The molecule has 1 rings (SSSR count). The van der Waals surface area contributed by atoms with E-state index in [-0.39, 0.29) is 0 Å². The van der Waals surface area contributed by atoms with Gasteiger partial charge in [-0.25, -0.2) is 9.63 Å². The Kier molecular flexibility index (Phi) is 8.00. The van der Waals surface area contributed by atoms with Gasteiger partial charge < -0.3 is 9.57 Å². The van der Waals surface area contributed by atoms with Crippen LogP contribution in [-0.4, -0.2) is 42.7 Å². The van der Waals surface area contributed by atoms with Gasteiger partial charge in [0.1, 0.15) is 6.04 Å². The zero-order valence-electron chi connectivity index (χ0n) is 15.0. The number of rotatable bonds is 10. The first-order chi connectivity index (χ1) is 11.8. The van der Waals surface area contributed by atoms with E-state index in [1.54, 1.807) is 44.2 Å². The molecule has 8 nitrogen and oxygen atoms in total. The van der Waals surface area contributed by atoms with Gasteiger partial charge in [0.15, 0.2) is 7.11 Å². The van der Waals surface area contributed by atoms with Gasteiger partial charge in [-0.15, -0.1) is 5.48 Å². The summed E-state index contributed by atoms with van der Waals surface area (Å²) in [5.41, 5.74) is 2.07. The predicted molar refractivity (Wildman–Crippen MR) is 89.4 cm³/mol. The van der Waals surface area contributed by atoms with Crippen molar-refractivity contribution in [1.82, 2.24) is 5.48 Å². The molecule has 1 atom stereocenters. The van der Waals surface area contributed by atoms with E-state index in [1.807, 2.05) is 0 Å². The Bertz CT molecular complexity index is 588. The number of hydroxylamine groups is 1. The van der Waals surface area contributed by atoms with E-state index in [0.717, 1.165) is 0 Å². The van der Waals surface area contributed by atoms with Gasteiger partial charge in [0.25, 0.3) is 5.54 Å². The van der Waals surface area contributed by atoms with Crippen molar-refractivity contribution >= 4 is 11.9 Å². The van der Waals surface area contributed by atoms with Gasteiger partial charge in [-0.2, -0.15) is 0 Å². The molecule has 0 heterocycles. The summed E-state index contributed by atoms with van der Waals surface area (Å²) in [5, 5.41) is 0. The van der Waals surface area contributed by atoms with Crippen LogP contribution < -0.4 is 5.48 Å². The summed E-state index contributed by atoms with van der Waals surface area (Å²) in [6, 6.07) is 7.58. The van der Waals surface area contributed by atoms with Crippen molar-refractivity contribution in [2.75, 3.05) is 14.2 Å². The summed E-state index contributed by atoms with van der Waals surface area (Å²) in [6.45, 7) is 3.47. The number of hydrogen-bond acceptors (Lipinski definition) is 7. The molecule has 0 aromatic heterocycles. The Morgan fingerprint density at radius 2 is 1.84 bits per heavy atom. The fourth-order valence-corrected chi connectivity index (χ4v) is 2.20. The number of carbonyl (C=O) groups is 2. The zero-order chi connectivity index (χ0) is 18.9. The van der Waals surface area contributed by atoms with Crippen molar-refractivity contribution in [3.63, 3.8) is 0 Å². The number of benzene rings is 1. The van der Waals surface area contributed by atoms with Crippen LogP contribution in [0.2, 0.25) is 0 Å². The standard InChI is InChI=1S/C17H25N2O6/c1-17(2,19(22)24-4)12-8-11-14(16(21)23-3)18-25-15(20)13-9-6-5-7-10-13/h5-7,9-10,14,18H,8,11-12H2,1-4H3/q+1/t14-/m0/s1. The van der Waals surface area contributed by atoms with Crippen molar-refractivity contribution < 1.29 is 28.9 Å². The fourth-order valence-electron chi connectivity index (χ4n) is 2.20. The molecular weight excluding hydrogens is 328 g/mol. The maximum atomic E-state index is 11.9. The van der Waals surface area contributed by atoms with E-state index in [2.05, 4.69) is 10.3 Å². The average Bonchev–Trinajstić information content (AvgIpc) is 2.63. The summed E-state index contributed by atoms with van der Waals surface area (Å²) >= 11 is 0. The lowest BCUT2D eigenvalue weighted by Gasteiger charge is -2.17. The fraction of sp³-hybridized carbons (Fsp3) is 0.529. The Hall–Kier alpha value is -2.48. The van der Waals surface area contributed by atoms with Crippen molar-refractivity contribution in [1.29, 1.82) is 0 Å². The molecular formula is C17H25N2O6+. The van der Waals surface area contributed by atoms with Crippen LogP contribution in [0.15, 0.2) is 30.3 Å². The zero-order valence-corrected chi connectivity index (χ0v) is 15.0. The highest BCUT2D eigenvalue weighted by atomic mass is 16.8. The number of nitrogens with one attached hydrogen (secondary N) is 1. The smallest absolute Gasteiger partial charge is 0.356 e. The molecule has 0 unspecified atom stereocenters.